The molecule has 0 N–H and O–H groups in total. The van der Waals surface area contributed by atoms with Crippen molar-refractivity contribution < 1.29 is 0 Å². The standard InChI is InChI=1S/C21H33N3/c1-2-3-4-5-6-7-8-9-10-11-15-18-21-23-22-19-24(21)20-16-13-12-14-17-20/h12-14,16-17,19H,2-11,15,18H2,1H3. The molecule has 0 radical (unpaired) electrons. The Bertz CT molecular complexity index is 533. The molecule has 0 saturated heterocycles. The van der Waals surface area contributed by atoms with E-state index in [2.05, 4.69) is 46.0 Å². The fourth-order valence-electron chi connectivity index (χ4n) is 3.18. The van der Waals surface area contributed by atoms with E-state index in [9.17, 15) is 0 Å². The lowest BCUT2D eigenvalue weighted by atomic mass is 10.1. The van der Waals surface area contributed by atoms with E-state index in [4.69, 9.17) is 0 Å². The van der Waals surface area contributed by atoms with Gasteiger partial charge in [-0.2, -0.15) is 0 Å². The molecule has 3 nitrogen and oxygen atoms in total. The van der Waals surface area contributed by atoms with E-state index >= 15 is 0 Å². The Morgan fingerprint density at radius 2 is 1.33 bits per heavy atom. The van der Waals surface area contributed by atoms with E-state index < -0.39 is 0 Å². The van der Waals surface area contributed by atoms with Gasteiger partial charge >= 0.3 is 0 Å². The first-order chi connectivity index (χ1) is 11.9. The summed E-state index contributed by atoms with van der Waals surface area (Å²) in [6, 6.07) is 10.4. The van der Waals surface area contributed by atoms with E-state index in [1.165, 1.54) is 70.6 Å². The maximum absolute atomic E-state index is 4.29. The van der Waals surface area contributed by atoms with Crippen molar-refractivity contribution >= 4 is 0 Å². The second-order valence-corrected chi connectivity index (χ2v) is 6.74. The van der Waals surface area contributed by atoms with Gasteiger partial charge in [0.15, 0.2) is 0 Å². The van der Waals surface area contributed by atoms with Gasteiger partial charge in [-0.25, -0.2) is 0 Å². The summed E-state index contributed by atoms with van der Waals surface area (Å²) < 4.78 is 2.11. The Hall–Kier alpha value is -1.64. The van der Waals surface area contributed by atoms with Crippen LogP contribution in [0.1, 0.15) is 83.4 Å². The van der Waals surface area contributed by atoms with Gasteiger partial charge in [-0.3, -0.25) is 4.57 Å². The average molecular weight is 328 g/mol. The van der Waals surface area contributed by atoms with Gasteiger partial charge in [-0.1, -0.05) is 89.3 Å². The highest BCUT2D eigenvalue weighted by molar-refractivity contribution is 5.31. The van der Waals surface area contributed by atoms with Crippen LogP contribution in [-0.2, 0) is 6.42 Å². The monoisotopic (exact) mass is 327 g/mol. The molecule has 1 aromatic heterocycles. The van der Waals surface area contributed by atoms with Crippen LogP contribution in [0.4, 0.5) is 0 Å². The zero-order valence-corrected chi connectivity index (χ0v) is 15.3. The number of para-hydroxylation sites is 1. The minimum atomic E-state index is 1.02. The lowest BCUT2D eigenvalue weighted by Gasteiger charge is -2.06. The van der Waals surface area contributed by atoms with Crippen molar-refractivity contribution in [3.63, 3.8) is 0 Å². The highest BCUT2D eigenvalue weighted by Crippen LogP contribution is 2.14. The number of benzene rings is 1. The zero-order chi connectivity index (χ0) is 16.9. The summed E-state index contributed by atoms with van der Waals surface area (Å²) in [5.41, 5.74) is 1.15. The molecule has 1 aromatic carbocycles. The number of rotatable bonds is 13. The van der Waals surface area contributed by atoms with Gasteiger partial charge in [0.05, 0.1) is 0 Å². The van der Waals surface area contributed by atoms with Crippen molar-refractivity contribution in [2.24, 2.45) is 0 Å². The maximum atomic E-state index is 4.29. The molecule has 0 fully saturated rings. The van der Waals surface area contributed by atoms with Gasteiger partial charge in [-0.15, -0.1) is 10.2 Å². The summed E-state index contributed by atoms with van der Waals surface area (Å²) in [7, 11) is 0. The van der Waals surface area contributed by atoms with Crippen LogP contribution >= 0.6 is 0 Å². The molecule has 3 heteroatoms. The molecule has 2 rings (SSSR count). The first kappa shape index (κ1) is 18.7. The second-order valence-electron chi connectivity index (χ2n) is 6.74. The average Bonchev–Trinajstić information content (AvgIpc) is 3.09. The van der Waals surface area contributed by atoms with E-state index in [1.807, 2.05) is 12.4 Å². The molecule has 0 aliphatic rings. The van der Waals surface area contributed by atoms with Crippen molar-refractivity contribution in [2.75, 3.05) is 0 Å². The third kappa shape index (κ3) is 6.86. The molecule has 0 atom stereocenters. The molecule has 0 aliphatic carbocycles. The van der Waals surface area contributed by atoms with Gasteiger partial charge in [0, 0.05) is 12.1 Å². The molecule has 24 heavy (non-hydrogen) atoms. The zero-order valence-electron chi connectivity index (χ0n) is 15.3. The van der Waals surface area contributed by atoms with Gasteiger partial charge in [-0.05, 0) is 18.6 Å². The summed E-state index contributed by atoms with van der Waals surface area (Å²) in [5.74, 6) is 1.08. The molecule has 2 aromatic rings. The number of nitrogens with zero attached hydrogens (tertiary/aromatic N) is 3. The molecule has 0 unspecified atom stereocenters. The predicted molar refractivity (Wildman–Crippen MR) is 102 cm³/mol. The number of hydrogen-bond donors (Lipinski definition) is 0. The Labute approximate surface area is 147 Å². The Balaban J connectivity index is 1.54. The van der Waals surface area contributed by atoms with E-state index in [1.54, 1.807) is 0 Å². The first-order valence-electron chi connectivity index (χ1n) is 9.86. The van der Waals surface area contributed by atoms with Crippen molar-refractivity contribution in [1.29, 1.82) is 0 Å². The van der Waals surface area contributed by atoms with Crippen molar-refractivity contribution in [1.82, 2.24) is 14.8 Å². The Kier molecular flexibility index (Phi) is 9.21. The topological polar surface area (TPSA) is 30.7 Å². The third-order valence-corrected chi connectivity index (χ3v) is 4.66. The van der Waals surface area contributed by atoms with Gasteiger partial charge < -0.3 is 0 Å². The predicted octanol–water partition coefficient (Wildman–Crippen LogP) is 6.12. The van der Waals surface area contributed by atoms with Crippen LogP contribution in [0.5, 0.6) is 0 Å². The van der Waals surface area contributed by atoms with Crippen molar-refractivity contribution in [3.8, 4) is 5.69 Å². The number of aryl methyl sites for hydroxylation is 1. The molecule has 0 aliphatic heterocycles. The number of unbranched alkanes of at least 4 members (excludes halogenated alkanes) is 10. The second kappa shape index (κ2) is 11.8. The van der Waals surface area contributed by atoms with Gasteiger partial charge in [0.1, 0.15) is 12.2 Å². The lowest BCUT2D eigenvalue weighted by Crippen LogP contribution is -2.00. The van der Waals surface area contributed by atoms with Crippen LogP contribution in [0.2, 0.25) is 0 Å². The van der Waals surface area contributed by atoms with E-state index in [0.29, 0.717) is 0 Å². The summed E-state index contributed by atoms with van der Waals surface area (Å²) in [6.45, 7) is 2.28. The van der Waals surface area contributed by atoms with Crippen LogP contribution in [-0.4, -0.2) is 14.8 Å². The molecule has 0 spiro atoms. The molecule has 1 heterocycles. The quantitative estimate of drug-likeness (QED) is 0.415. The smallest absolute Gasteiger partial charge is 0.137 e. The maximum Gasteiger partial charge on any atom is 0.137 e. The normalized spacial score (nSPS) is 11.0. The van der Waals surface area contributed by atoms with Crippen molar-refractivity contribution in [3.05, 3.63) is 42.5 Å². The highest BCUT2D eigenvalue weighted by Gasteiger charge is 2.05. The van der Waals surface area contributed by atoms with Crippen LogP contribution in [0.15, 0.2) is 36.7 Å². The Morgan fingerprint density at radius 3 is 1.96 bits per heavy atom. The van der Waals surface area contributed by atoms with Gasteiger partial charge in [0.2, 0.25) is 0 Å². The minimum Gasteiger partial charge on any atom is -0.286 e. The lowest BCUT2D eigenvalue weighted by molar-refractivity contribution is 0.547. The molecule has 132 valence electrons. The van der Waals surface area contributed by atoms with E-state index in [-0.39, 0.29) is 0 Å². The van der Waals surface area contributed by atoms with Gasteiger partial charge in [0.25, 0.3) is 0 Å². The number of hydrogen-bond acceptors (Lipinski definition) is 2. The first-order valence-corrected chi connectivity index (χ1v) is 9.86. The fourth-order valence-corrected chi connectivity index (χ4v) is 3.18. The van der Waals surface area contributed by atoms with Crippen molar-refractivity contribution in [2.45, 2.75) is 84.0 Å². The molecular formula is C21H33N3. The molecule has 0 saturated carbocycles. The third-order valence-electron chi connectivity index (χ3n) is 4.66. The SMILES string of the molecule is CCCCCCCCCCCCCc1nncn1-c1ccccc1. The largest absolute Gasteiger partial charge is 0.286 e. The minimum absolute atomic E-state index is 1.02. The van der Waals surface area contributed by atoms with Crippen LogP contribution in [0, 0.1) is 0 Å². The van der Waals surface area contributed by atoms with Crippen LogP contribution < -0.4 is 0 Å². The molecule has 0 amide bonds. The summed E-state index contributed by atoms with van der Waals surface area (Å²) >= 11 is 0. The van der Waals surface area contributed by atoms with E-state index in [0.717, 1.165) is 17.9 Å². The summed E-state index contributed by atoms with van der Waals surface area (Å²) in [4.78, 5) is 0. The summed E-state index contributed by atoms with van der Waals surface area (Å²) in [5, 5.41) is 8.37. The fraction of sp³-hybridized carbons (Fsp3) is 0.619. The van der Waals surface area contributed by atoms with Crippen LogP contribution in [0.25, 0.3) is 5.69 Å². The Morgan fingerprint density at radius 1 is 0.750 bits per heavy atom. The summed E-state index contributed by atoms with van der Waals surface area (Å²) in [6.07, 6.45) is 18.0. The van der Waals surface area contributed by atoms with Crippen LogP contribution in [0.3, 0.4) is 0 Å². The number of aromatic nitrogens is 3. The highest BCUT2D eigenvalue weighted by atomic mass is 15.3. The molecule has 0 bridgehead atoms. The molecular weight excluding hydrogens is 294 g/mol.